The highest BCUT2D eigenvalue weighted by molar-refractivity contribution is 6.60. The summed E-state index contributed by atoms with van der Waals surface area (Å²) in [5, 5.41) is 34.8. The molecule has 2 rings (SSSR count). The average Bonchev–Trinajstić information content (AvgIpc) is 2.53. The summed E-state index contributed by atoms with van der Waals surface area (Å²) in [7, 11) is -3.98. The lowest BCUT2D eigenvalue weighted by Gasteiger charge is -2.12. The Bertz CT molecular complexity index is 690. The van der Waals surface area contributed by atoms with Gasteiger partial charge in [0.1, 0.15) is 11.5 Å². The molecule has 0 spiro atoms. The minimum Gasteiger partial charge on any atom is -0.423 e. The maximum Gasteiger partial charge on any atom is 0.573 e. The fourth-order valence-electron chi connectivity index (χ4n) is 1.82. The topological polar surface area (TPSA) is 99.4 Å². The van der Waals surface area contributed by atoms with Crippen molar-refractivity contribution in [3.8, 4) is 11.5 Å². The fourth-order valence-corrected chi connectivity index (χ4v) is 1.82. The molecular weight excluding hydrogens is 400 g/mol. The molecule has 0 amide bonds. The van der Waals surface area contributed by atoms with Crippen LogP contribution in [-0.4, -0.2) is 47.1 Å². The molecule has 4 N–H and O–H groups in total. The molecule has 0 saturated heterocycles. The van der Waals surface area contributed by atoms with Crippen LogP contribution in [0.2, 0.25) is 0 Å². The lowest BCUT2D eigenvalue weighted by molar-refractivity contribution is -0.275. The van der Waals surface area contributed by atoms with Gasteiger partial charge in [-0.05, 0) is 12.1 Å². The Hall–Kier alpha value is -2.41. The van der Waals surface area contributed by atoms with Gasteiger partial charge in [0.05, 0.1) is 0 Å². The predicted octanol–water partition coefficient (Wildman–Crippen LogP) is 0.530. The maximum atomic E-state index is 11.8. The molecule has 0 aliphatic heterocycles. The largest absolute Gasteiger partial charge is 0.573 e. The van der Waals surface area contributed by atoms with Gasteiger partial charge in [-0.2, -0.15) is 0 Å². The van der Waals surface area contributed by atoms with Crippen molar-refractivity contribution in [1.29, 1.82) is 0 Å². The summed E-state index contributed by atoms with van der Waals surface area (Å²) in [5.41, 5.74) is -0.658. The third-order valence-corrected chi connectivity index (χ3v) is 2.85. The zero-order valence-electron chi connectivity index (χ0n) is 13.6. The van der Waals surface area contributed by atoms with Crippen LogP contribution in [0.5, 0.6) is 11.5 Å². The second-order valence-corrected chi connectivity index (χ2v) is 4.92. The zero-order chi connectivity index (χ0) is 21.5. The van der Waals surface area contributed by atoms with E-state index < -0.39 is 38.5 Å². The molecule has 0 heterocycles. The van der Waals surface area contributed by atoms with Crippen molar-refractivity contribution in [3.05, 3.63) is 48.5 Å². The van der Waals surface area contributed by atoms with E-state index in [1.165, 1.54) is 24.3 Å². The first-order chi connectivity index (χ1) is 12.8. The Morgan fingerprint density at radius 2 is 0.857 bits per heavy atom. The van der Waals surface area contributed by atoms with E-state index in [9.17, 15) is 26.3 Å². The molecule has 0 radical (unpaired) electrons. The number of alkyl halides is 6. The number of hydrogen-bond donors (Lipinski definition) is 4. The standard InChI is InChI=1S/2C7H6BF3O3/c2*9-7(10,11)14-6-4-2-1-3-5(6)8(12)13/h2*1-4,12-13H. The molecule has 14 heteroatoms. The molecule has 2 aromatic rings. The minimum absolute atomic E-state index is 0.329. The Kier molecular flexibility index (Phi) is 8.17. The number of ether oxygens (including phenoxy) is 2. The molecule has 0 unspecified atom stereocenters. The monoisotopic (exact) mass is 412 g/mol. The van der Waals surface area contributed by atoms with E-state index in [0.717, 1.165) is 24.3 Å². The fraction of sp³-hybridized carbons (Fsp3) is 0.143. The minimum atomic E-state index is -4.84. The normalized spacial score (nSPS) is 11.2. The van der Waals surface area contributed by atoms with Gasteiger partial charge in [0.15, 0.2) is 0 Å². The van der Waals surface area contributed by atoms with E-state index in [1.54, 1.807) is 0 Å². The van der Waals surface area contributed by atoms with Crippen molar-refractivity contribution in [1.82, 2.24) is 0 Å². The highest BCUT2D eigenvalue weighted by Crippen LogP contribution is 2.21. The van der Waals surface area contributed by atoms with E-state index in [0.29, 0.717) is 0 Å². The lowest BCUT2D eigenvalue weighted by Crippen LogP contribution is -2.33. The third-order valence-electron chi connectivity index (χ3n) is 2.85. The molecule has 0 fully saturated rings. The van der Waals surface area contributed by atoms with Crippen LogP contribution in [-0.2, 0) is 0 Å². The molecule has 0 bridgehead atoms. The zero-order valence-corrected chi connectivity index (χ0v) is 13.6. The van der Waals surface area contributed by atoms with Crippen molar-refractivity contribution in [2.75, 3.05) is 0 Å². The Morgan fingerprint density at radius 3 is 1.11 bits per heavy atom. The summed E-state index contributed by atoms with van der Waals surface area (Å²) < 4.78 is 77.9. The second kappa shape index (κ2) is 9.68. The van der Waals surface area contributed by atoms with Crippen LogP contribution in [0.4, 0.5) is 26.3 Å². The molecule has 0 atom stereocenters. The van der Waals surface area contributed by atoms with Crippen LogP contribution in [0.15, 0.2) is 48.5 Å². The van der Waals surface area contributed by atoms with Crippen LogP contribution < -0.4 is 20.4 Å². The van der Waals surface area contributed by atoms with Crippen LogP contribution in [0.3, 0.4) is 0 Å². The Balaban J connectivity index is 0.000000280. The maximum absolute atomic E-state index is 11.8. The molecule has 2 aromatic carbocycles. The lowest BCUT2D eigenvalue weighted by atomic mass is 9.80. The Morgan fingerprint density at radius 1 is 0.571 bits per heavy atom. The van der Waals surface area contributed by atoms with Crippen LogP contribution >= 0.6 is 0 Å². The van der Waals surface area contributed by atoms with E-state index in [-0.39, 0.29) is 10.9 Å². The summed E-state index contributed by atoms with van der Waals surface area (Å²) in [6.45, 7) is 0. The number of halogens is 6. The highest BCUT2D eigenvalue weighted by atomic mass is 19.4. The average molecular weight is 412 g/mol. The summed E-state index contributed by atoms with van der Waals surface area (Å²) in [5.74, 6) is -1.23. The first-order valence-electron chi connectivity index (χ1n) is 7.22. The smallest absolute Gasteiger partial charge is 0.423 e. The second-order valence-electron chi connectivity index (χ2n) is 4.92. The van der Waals surface area contributed by atoms with Gasteiger partial charge in [-0.3, -0.25) is 0 Å². The first kappa shape index (κ1) is 23.6. The van der Waals surface area contributed by atoms with Crippen molar-refractivity contribution in [3.63, 3.8) is 0 Å². The van der Waals surface area contributed by atoms with Crippen molar-refractivity contribution in [2.45, 2.75) is 12.7 Å². The summed E-state index contributed by atoms with van der Waals surface area (Å²) in [6, 6.07) is 9.61. The predicted molar refractivity (Wildman–Crippen MR) is 85.9 cm³/mol. The first-order valence-corrected chi connectivity index (χ1v) is 7.22. The van der Waals surface area contributed by atoms with E-state index in [1.807, 2.05) is 0 Å². The summed E-state index contributed by atoms with van der Waals surface area (Å²) >= 11 is 0. The number of hydrogen-bond acceptors (Lipinski definition) is 6. The van der Waals surface area contributed by atoms with Crippen molar-refractivity contribution in [2.24, 2.45) is 0 Å². The molecule has 0 aliphatic carbocycles. The molecule has 6 nitrogen and oxygen atoms in total. The number of para-hydroxylation sites is 2. The van der Waals surface area contributed by atoms with Crippen molar-refractivity contribution >= 4 is 25.2 Å². The van der Waals surface area contributed by atoms with E-state index >= 15 is 0 Å². The number of benzene rings is 2. The van der Waals surface area contributed by atoms with E-state index in [4.69, 9.17) is 20.1 Å². The molecule has 0 aliphatic rings. The molecule has 152 valence electrons. The quantitative estimate of drug-likeness (QED) is 0.433. The van der Waals surface area contributed by atoms with Crippen LogP contribution in [0.25, 0.3) is 0 Å². The van der Waals surface area contributed by atoms with Gasteiger partial charge < -0.3 is 29.6 Å². The SMILES string of the molecule is OB(O)c1ccccc1OC(F)(F)F.OB(O)c1ccccc1OC(F)(F)F. The summed E-state index contributed by atoms with van der Waals surface area (Å²) in [4.78, 5) is 0. The number of rotatable bonds is 4. The van der Waals surface area contributed by atoms with Gasteiger partial charge in [-0.1, -0.05) is 36.4 Å². The van der Waals surface area contributed by atoms with Gasteiger partial charge in [0.2, 0.25) is 0 Å². The van der Waals surface area contributed by atoms with Crippen LogP contribution in [0, 0.1) is 0 Å². The molecule has 0 saturated carbocycles. The third kappa shape index (κ3) is 8.52. The highest BCUT2D eigenvalue weighted by Gasteiger charge is 2.34. The molecular formula is C14H12B2F6O6. The van der Waals surface area contributed by atoms with Crippen LogP contribution in [0.1, 0.15) is 0 Å². The van der Waals surface area contributed by atoms with Gasteiger partial charge >= 0.3 is 27.0 Å². The van der Waals surface area contributed by atoms with Gasteiger partial charge in [-0.25, -0.2) is 0 Å². The molecule has 0 aromatic heterocycles. The summed E-state index contributed by atoms with van der Waals surface area (Å²) in [6.07, 6.45) is -9.68. The van der Waals surface area contributed by atoms with Crippen molar-refractivity contribution < 1.29 is 55.9 Å². The Labute approximate surface area is 154 Å². The van der Waals surface area contributed by atoms with Gasteiger partial charge in [0.25, 0.3) is 0 Å². The van der Waals surface area contributed by atoms with Gasteiger partial charge in [0, 0.05) is 10.9 Å². The van der Waals surface area contributed by atoms with E-state index in [2.05, 4.69) is 9.47 Å². The van der Waals surface area contributed by atoms with Gasteiger partial charge in [-0.15, -0.1) is 26.3 Å². The molecule has 28 heavy (non-hydrogen) atoms.